The molecule has 3 heterocycles. The molecule has 28 heavy (non-hydrogen) atoms. The van der Waals surface area contributed by atoms with E-state index in [-0.39, 0.29) is 42.2 Å². The number of fused-ring (bicyclic) bond motifs is 2. The van der Waals surface area contributed by atoms with Crippen molar-refractivity contribution >= 4 is 47.4 Å². The van der Waals surface area contributed by atoms with Crippen LogP contribution in [-0.2, 0) is 20.0 Å². The van der Waals surface area contributed by atoms with Gasteiger partial charge in [-0.2, -0.15) is 5.10 Å². The molecule has 6 nitrogen and oxygen atoms in total. The van der Waals surface area contributed by atoms with Crippen LogP contribution in [0.1, 0.15) is 32.9 Å². The van der Waals surface area contributed by atoms with Crippen LogP contribution in [0.25, 0.3) is 11.0 Å². The topological polar surface area (TPSA) is 71.8 Å². The van der Waals surface area contributed by atoms with Gasteiger partial charge in [0.05, 0.1) is 22.6 Å². The number of carbonyl (C=O) groups is 1. The van der Waals surface area contributed by atoms with Crippen molar-refractivity contribution in [3.8, 4) is 0 Å². The van der Waals surface area contributed by atoms with E-state index in [2.05, 4.69) is 20.7 Å². The third kappa shape index (κ3) is 3.70. The number of halogens is 3. The zero-order valence-electron chi connectivity index (χ0n) is 15.8. The molecule has 0 radical (unpaired) electrons. The summed E-state index contributed by atoms with van der Waals surface area (Å²) in [6.45, 7) is 5.03. The SMILES string of the molecule is Cc1nc2c(cc1C(=O)Nc1ccc3c(c1F)CCNC3)c(C)nn2C.Cl.Cl. The molecule has 0 atom stereocenters. The molecule has 1 aliphatic heterocycles. The van der Waals surface area contributed by atoms with Gasteiger partial charge in [-0.15, -0.1) is 24.8 Å². The molecular formula is C19H22Cl2FN5O. The Balaban J connectivity index is 0.00000140. The summed E-state index contributed by atoms with van der Waals surface area (Å²) in [5.74, 6) is -0.713. The molecule has 2 aromatic heterocycles. The molecule has 1 aromatic carbocycles. The number of pyridine rings is 1. The van der Waals surface area contributed by atoms with Crippen molar-refractivity contribution in [3.63, 3.8) is 0 Å². The second kappa shape index (κ2) is 8.43. The highest BCUT2D eigenvalue weighted by molar-refractivity contribution is 6.07. The highest BCUT2D eigenvalue weighted by Crippen LogP contribution is 2.26. The molecular weight excluding hydrogens is 404 g/mol. The van der Waals surface area contributed by atoms with Gasteiger partial charge < -0.3 is 10.6 Å². The lowest BCUT2D eigenvalue weighted by Crippen LogP contribution is -2.25. The third-order valence-corrected chi connectivity index (χ3v) is 4.89. The van der Waals surface area contributed by atoms with Crippen LogP contribution in [0.3, 0.4) is 0 Å². The monoisotopic (exact) mass is 425 g/mol. The minimum absolute atomic E-state index is 0. The van der Waals surface area contributed by atoms with Crippen molar-refractivity contribution < 1.29 is 9.18 Å². The molecule has 4 rings (SSSR count). The summed E-state index contributed by atoms with van der Waals surface area (Å²) >= 11 is 0. The predicted molar refractivity (Wildman–Crippen MR) is 112 cm³/mol. The van der Waals surface area contributed by atoms with Gasteiger partial charge >= 0.3 is 0 Å². The van der Waals surface area contributed by atoms with Gasteiger partial charge in [0.25, 0.3) is 5.91 Å². The van der Waals surface area contributed by atoms with Crippen molar-refractivity contribution in [2.24, 2.45) is 7.05 Å². The van der Waals surface area contributed by atoms with Crippen molar-refractivity contribution in [1.29, 1.82) is 0 Å². The maximum absolute atomic E-state index is 14.8. The normalized spacial score (nSPS) is 12.7. The molecule has 1 aliphatic rings. The highest BCUT2D eigenvalue weighted by atomic mass is 35.5. The van der Waals surface area contributed by atoms with Gasteiger partial charge in [0, 0.05) is 19.0 Å². The van der Waals surface area contributed by atoms with Crippen LogP contribution in [-0.4, -0.2) is 27.2 Å². The van der Waals surface area contributed by atoms with E-state index in [1.165, 1.54) is 0 Å². The first-order chi connectivity index (χ1) is 12.5. The van der Waals surface area contributed by atoms with Gasteiger partial charge in [-0.25, -0.2) is 9.37 Å². The fourth-order valence-corrected chi connectivity index (χ4v) is 3.48. The maximum Gasteiger partial charge on any atom is 0.257 e. The molecule has 150 valence electrons. The van der Waals surface area contributed by atoms with Crippen LogP contribution in [0.15, 0.2) is 18.2 Å². The van der Waals surface area contributed by atoms with Gasteiger partial charge in [0.1, 0.15) is 5.82 Å². The molecule has 0 aliphatic carbocycles. The number of hydrogen-bond acceptors (Lipinski definition) is 4. The number of anilines is 1. The predicted octanol–water partition coefficient (Wildman–Crippen LogP) is 3.47. The lowest BCUT2D eigenvalue weighted by Gasteiger charge is -2.19. The standard InChI is InChI=1S/C19H20FN5O.2ClH/c1-10-15(8-14-11(2)24-25(3)18(14)22-10)19(26)23-16-5-4-12-9-21-7-6-13(12)17(16)20;;/h4-5,8,21H,6-7,9H2,1-3H3,(H,23,26);2*1H. The summed E-state index contributed by atoms with van der Waals surface area (Å²) in [6.07, 6.45) is 0.617. The Bertz CT molecular complexity index is 1050. The summed E-state index contributed by atoms with van der Waals surface area (Å²) in [5, 5.41) is 11.1. The molecule has 0 saturated heterocycles. The van der Waals surface area contributed by atoms with Gasteiger partial charge in [-0.05, 0) is 50.1 Å². The molecule has 1 amide bonds. The molecule has 3 aromatic rings. The second-order valence-corrected chi connectivity index (χ2v) is 6.65. The first kappa shape index (κ1) is 22.1. The van der Waals surface area contributed by atoms with Gasteiger partial charge in [-0.3, -0.25) is 9.48 Å². The molecule has 9 heteroatoms. The van der Waals surface area contributed by atoms with E-state index >= 15 is 0 Å². The Labute approximate surface area is 174 Å². The average Bonchev–Trinajstić information content (AvgIpc) is 2.90. The third-order valence-electron chi connectivity index (χ3n) is 4.89. The molecule has 0 unspecified atom stereocenters. The molecule has 0 spiro atoms. The zero-order chi connectivity index (χ0) is 18.4. The number of carbonyl (C=O) groups excluding carboxylic acids is 1. The van der Waals surface area contributed by atoms with Crippen molar-refractivity contribution in [2.75, 3.05) is 11.9 Å². The summed E-state index contributed by atoms with van der Waals surface area (Å²) in [6, 6.07) is 5.25. The Morgan fingerprint density at radius 1 is 1.25 bits per heavy atom. The number of hydrogen-bond donors (Lipinski definition) is 2. The van der Waals surface area contributed by atoms with E-state index < -0.39 is 0 Å². The van der Waals surface area contributed by atoms with Crippen LogP contribution in [0.5, 0.6) is 0 Å². The van der Waals surface area contributed by atoms with Crippen LogP contribution in [0.2, 0.25) is 0 Å². The summed E-state index contributed by atoms with van der Waals surface area (Å²) in [5.41, 5.74) is 4.36. The minimum Gasteiger partial charge on any atom is -0.319 e. The molecule has 0 bridgehead atoms. The van der Waals surface area contributed by atoms with Gasteiger partial charge in [-0.1, -0.05) is 6.07 Å². The number of nitrogens with zero attached hydrogens (tertiary/aromatic N) is 3. The largest absolute Gasteiger partial charge is 0.319 e. The Kier molecular flexibility index (Phi) is 6.64. The lowest BCUT2D eigenvalue weighted by atomic mass is 9.99. The van der Waals surface area contributed by atoms with Crippen molar-refractivity contribution in [2.45, 2.75) is 26.8 Å². The molecule has 0 fully saturated rings. The molecule has 0 saturated carbocycles. The minimum atomic E-state index is -0.368. The van der Waals surface area contributed by atoms with E-state index in [0.29, 0.717) is 29.8 Å². The van der Waals surface area contributed by atoms with E-state index in [0.717, 1.165) is 28.8 Å². The van der Waals surface area contributed by atoms with Crippen LogP contribution < -0.4 is 10.6 Å². The van der Waals surface area contributed by atoms with Gasteiger partial charge in [0.2, 0.25) is 0 Å². The van der Waals surface area contributed by atoms with Crippen LogP contribution in [0, 0.1) is 19.7 Å². The van der Waals surface area contributed by atoms with E-state index in [9.17, 15) is 9.18 Å². The van der Waals surface area contributed by atoms with Crippen LogP contribution in [0.4, 0.5) is 10.1 Å². The number of rotatable bonds is 2. The quantitative estimate of drug-likeness (QED) is 0.659. The Morgan fingerprint density at radius 3 is 2.75 bits per heavy atom. The number of aryl methyl sites for hydroxylation is 3. The maximum atomic E-state index is 14.8. The number of nitrogens with one attached hydrogen (secondary N) is 2. The van der Waals surface area contributed by atoms with E-state index in [1.54, 1.807) is 23.7 Å². The van der Waals surface area contributed by atoms with E-state index in [4.69, 9.17) is 0 Å². The number of amides is 1. The summed E-state index contributed by atoms with van der Waals surface area (Å²) in [4.78, 5) is 17.2. The lowest BCUT2D eigenvalue weighted by molar-refractivity contribution is 0.102. The Hall–Kier alpha value is -2.22. The first-order valence-electron chi connectivity index (χ1n) is 8.59. The first-order valence-corrected chi connectivity index (χ1v) is 8.59. The van der Waals surface area contributed by atoms with Crippen molar-refractivity contribution in [3.05, 3.63) is 52.1 Å². The number of benzene rings is 1. The fourth-order valence-electron chi connectivity index (χ4n) is 3.48. The number of aromatic nitrogens is 3. The van der Waals surface area contributed by atoms with E-state index in [1.807, 2.05) is 20.0 Å². The molecule has 2 N–H and O–H groups in total. The Morgan fingerprint density at radius 2 is 2.00 bits per heavy atom. The average molecular weight is 426 g/mol. The smallest absolute Gasteiger partial charge is 0.257 e. The zero-order valence-corrected chi connectivity index (χ0v) is 17.4. The fraction of sp³-hybridized carbons (Fsp3) is 0.316. The van der Waals surface area contributed by atoms with Crippen molar-refractivity contribution in [1.82, 2.24) is 20.1 Å². The summed E-state index contributed by atoms with van der Waals surface area (Å²) < 4.78 is 16.5. The highest BCUT2D eigenvalue weighted by Gasteiger charge is 2.20. The summed E-state index contributed by atoms with van der Waals surface area (Å²) in [7, 11) is 1.82. The van der Waals surface area contributed by atoms with Crippen LogP contribution >= 0.6 is 24.8 Å². The van der Waals surface area contributed by atoms with Gasteiger partial charge in [0.15, 0.2) is 5.65 Å². The second-order valence-electron chi connectivity index (χ2n) is 6.65.